The minimum Gasteiger partial charge on any atom is -0.380 e. The summed E-state index contributed by atoms with van der Waals surface area (Å²) in [5, 5.41) is 3.20. The van der Waals surface area contributed by atoms with E-state index in [9.17, 15) is 18.0 Å². The monoisotopic (exact) mass is 432 g/mol. The van der Waals surface area contributed by atoms with Crippen molar-refractivity contribution in [1.82, 2.24) is 10.2 Å². The fourth-order valence-corrected chi connectivity index (χ4v) is 4.64. The molecule has 1 aliphatic carbocycles. The number of nitrogens with one attached hydrogen (secondary N) is 1. The van der Waals surface area contributed by atoms with Crippen molar-refractivity contribution in [2.24, 2.45) is 0 Å². The molecule has 2 aromatic carbocycles. The molecular formula is C24H27F3N2O2. The van der Waals surface area contributed by atoms with Gasteiger partial charge in [-0.25, -0.2) is 0 Å². The molecule has 1 N–H and O–H groups in total. The maximum absolute atomic E-state index is 13.5. The number of ether oxygens (including phenoxy) is 1. The van der Waals surface area contributed by atoms with Gasteiger partial charge in [-0.2, -0.15) is 13.2 Å². The van der Waals surface area contributed by atoms with Gasteiger partial charge in [-0.05, 0) is 55.1 Å². The van der Waals surface area contributed by atoms with Crippen LogP contribution in [0.3, 0.4) is 0 Å². The summed E-state index contributed by atoms with van der Waals surface area (Å²) in [5.41, 5.74) is 0.364. The summed E-state index contributed by atoms with van der Waals surface area (Å²) in [6.45, 7) is 1.33. The molecule has 0 radical (unpaired) electrons. The summed E-state index contributed by atoms with van der Waals surface area (Å²) >= 11 is 0. The summed E-state index contributed by atoms with van der Waals surface area (Å²) in [5.74, 6) is -0.332. The number of likely N-dealkylation sites (tertiary alicyclic amines) is 1. The van der Waals surface area contributed by atoms with E-state index in [-0.39, 0.29) is 17.9 Å². The van der Waals surface area contributed by atoms with E-state index in [1.54, 1.807) is 7.11 Å². The second-order valence-electron chi connectivity index (χ2n) is 8.73. The zero-order chi connectivity index (χ0) is 22.2. The van der Waals surface area contributed by atoms with Crippen molar-refractivity contribution in [2.75, 3.05) is 27.2 Å². The molecule has 0 unspecified atom stereocenters. The van der Waals surface area contributed by atoms with Gasteiger partial charge in [0.25, 0.3) is 5.91 Å². The highest BCUT2D eigenvalue weighted by molar-refractivity contribution is 5.96. The van der Waals surface area contributed by atoms with Gasteiger partial charge in [0, 0.05) is 32.2 Å². The minimum atomic E-state index is -4.43. The maximum atomic E-state index is 13.5. The lowest BCUT2D eigenvalue weighted by Gasteiger charge is -2.45. The molecule has 2 aliphatic rings. The first-order valence-corrected chi connectivity index (χ1v) is 10.5. The fraction of sp³-hybridized carbons (Fsp3) is 0.458. The van der Waals surface area contributed by atoms with Crippen LogP contribution in [0.4, 0.5) is 13.2 Å². The number of carbonyl (C=O) groups is 1. The molecule has 166 valence electrons. The highest BCUT2D eigenvalue weighted by Crippen LogP contribution is 2.44. The van der Waals surface area contributed by atoms with E-state index < -0.39 is 17.3 Å². The molecule has 0 bridgehead atoms. The van der Waals surface area contributed by atoms with E-state index in [0.29, 0.717) is 24.1 Å². The van der Waals surface area contributed by atoms with E-state index in [0.717, 1.165) is 37.1 Å². The number of methoxy groups -OCH3 is 1. The predicted octanol–water partition coefficient (Wildman–Crippen LogP) is 4.56. The number of benzene rings is 2. The molecule has 2 fully saturated rings. The van der Waals surface area contributed by atoms with Gasteiger partial charge in [0.1, 0.15) is 0 Å². The normalized spacial score (nSPS) is 24.7. The van der Waals surface area contributed by atoms with Crippen molar-refractivity contribution in [3.05, 3.63) is 70.8 Å². The summed E-state index contributed by atoms with van der Waals surface area (Å²) in [6.07, 6.45) is -2.31. The average Bonchev–Trinajstić information content (AvgIpc) is 3.58. The van der Waals surface area contributed by atoms with Gasteiger partial charge in [-0.1, -0.05) is 30.3 Å². The standard InChI is InChI=1S/C24H27F3N2O2/c1-29-14-19(31-2)13-23(15-29,17-6-4-3-5-7-17)28-22(30)20-11-10-18(24(25,26)27)12-21(20)16-8-9-16/h3-7,10-12,16,19H,8-9,13-15H2,1-2H3,(H,28,30)/t19-,23-/m0/s1. The lowest BCUT2D eigenvalue weighted by atomic mass is 9.80. The van der Waals surface area contributed by atoms with Crippen LogP contribution in [0.5, 0.6) is 0 Å². The van der Waals surface area contributed by atoms with Crippen LogP contribution in [-0.2, 0) is 16.5 Å². The second kappa shape index (κ2) is 8.28. The largest absolute Gasteiger partial charge is 0.416 e. The van der Waals surface area contributed by atoms with Crippen LogP contribution in [-0.4, -0.2) is 44.2 Å². The molecule has 2 atom stereocenters. The number of likely N-dealkylation sites (N-methyl/N-ethyl adjacent to an activating group) is 1. The predicted molar refractivity (Wildman–Crippen MR) is 112 cm³/mol. The summed E-state index contributed by atoms with van der Waals surface area (Å²) in [4.78, 5) is 15.6. The van der Waals surface area contributed by atoms with E-state index in [1.807, 2.05) is 37.4 Å². The number of piperidine rings is 1. The topological polar surface area (TPSA) is 41.6 Å². The van der Waals surface area contributed by atoms with Crippen LogP contribution in [0.1, 0.15) is 52.2 Å². The van der Waals surface area contributed by atoms with Crippen molar-refractivity contribution in [2.45, 2.75) is 43.0 Å². The molecule has 1 heterocycles. The molecule has 7 heteroatoms. The zero-order valence-corrected chi connectivity index (χ0v) is 17.7. The van der Waals surface area contributed by atoms with Crippen molar-refractivity contribution in [1.29, 1.82) is 0 Å². The number of carbonyl (C=O) groups excluding carboxylic acids is 1. The second-order valence-corrected chi connectivity index (χ2v) is 8.73. The molecule has 1 aliphatic heterocycles. The SMILES string of the molecule is CO[C@@H]1CN(C)C[C@](NC(=O)c2ccc(C(F)(F)F)cc2C2CC2)(c2ccccc2)C1. The van der Waals surface area contributed by atoms with Crippen molar-refractivity contribution >= 4 is 5.91 Å². The molecule has 0 spiro atoms. The molecule has 4 nitrogen and oxygen atoms in total. The summed E-state index contributed by atoms with van der Waals surface area (Å²) in [7, 11) is 3.63. The van der Waals surface area contributed by atoms with Gasteiger partial charge in [0.2, 0.25) is 0 Å². The van der Waals surface area contributed by atoms with Gasteiger partial charge in [-0.15, -0.1) is 0 Å². The van der Waals surface area contributed by atoms with Gasteiger partial charge in [-0.3, -0.25) is 4.79 Å². The van der Waals surface area contributed by atoms with Crippen LogP contribution in [0, 0.1) is 0 Å². The first-order chi connectivity index (χ1) is 14.7. The van der Waals surface area contributed by atoms with Crippen LogP contribution < -0.4 is 5.32 Å². The van der Waals surface area contributed by atoms with E-state index in [1.165, 1.54) is 6.07 Å². The minimum absolute atomic E-state index is 0.0106. The Morgan fingerprint density at radius 1 is 1.16 bits per heavy atom. The third-order valence-corrected chi connectivity index (χ3v) is 6.28. The Bertz CT molecular complexity index is 944. The average molecular weight is 432 g/mol. The quantitative estimate of drug-likeness (QED) is 0.753. The number of alkyl halides is 3. The smallest absolute Gasteiger partial charge is 0.380 e. The first-order valence-electron chi connectivity index (χ1n) is 10.5. The van der Waals surface area contributed by atoms with E-state index >= 15 is 0 Å². The van der Waals surface area contributed by atoms with Gasteiger partial charge in [0.15, 0.2) is 0 Å². The number of rotatable bonds is 5. The molecule has 4 rings (SSSR count). The Hall–Kier alpha value is -2.38. The van der Waals surface area contributed by atoms with Crippen molar-refractivity contribution in [3.63, 3.8) is 0 Å². The third kappa shape index (κ3) is 4.62. The van der Waals surface area contributed by atoms with Gasteiger partial charge in [0.05, 0.1) is 17.2 Å². The number of amides is 1. The van der Waals surface area contributed by atoms with Crippen molar-refractivity contribution in [3.8, 4) is 0 Å². The molecule has 1 saturated carbocycles. The molecule has 2 aromatic rings. The Balaban J connectivity index is 1.70. The molecule has 0 aromatic heterocycles. The Labute approximate surface area is 180 Å². The lowest BCUT2D eigenvalue weighted by Crippen LogP contribution is -2.59. The number of hydrogen-bond acceptors (Lipinski definition) is 3. The van der Waals surface area contributed by atoms with E-state index in [4.69, 9.17) is 4.74 Å². The zero-order valence-electron chi connectivity index (χ0n) is 17.7. The van der Waals surface area contributed by atoms with Crippen LogP contribution >= 0.6 is 0 Å². The van der Waals surface area contributed by atoms with Crippen LogP contribution in [0.2, 0.25) is 0 Å². The van der Waals surface area contributed by atoms with Gasteiger partial charge >= 0.3 is 6.18 Å². The number of halogens is 3. The molecule has 1 saturated heterocycles. The Morgan fingerprint density at radius 3 is 2.48 bits per heavy atom. The Kier molecular flexibility index (Phi) is 5.83. The molecular weight excluding hydrogens is 405 g/mol. The molecule has 31 heavy (non-hydrogen) atoms. The number of nitrogens with zero attached hydrogens (tertiary/aromatic N) is 1. The first kappa shape index (κ1) is 21.8. The van der Waals surface area contributed by atoms with Gasteiger partial charge < -0.3 is 15.0 Å². The van der Waals surface area contributed by atoms with Crippen LogP contribution in [0.15, 0.2) is 48.5 Å². The fourth-order valence-electron chi connectivity index (χ4n) is 4.64. The van der Waals surface area contributed by atoms with Crippen LogP contribution in [0.25, 0.3) is 0 Å². The maximum Gasteiger partial charge on any atom is 0.416 e. The Morgan fingerprint density at radius 2 is 1.87 bits per heavy atom. The highest BCUT2D eigenvalue weighted by Gasteiger charge is 2.43. The lowest BCUT2D eigenvalue weighted by molar-refractivity contribution is -0.137. The molecule has 1 amide bonds. The summed E-state index contributed by atoms with van der Waals surface area (Å²) < 4.78 is 45.4. The number of hydrogen-bond donors (Lipinski definition) is 1. The highest BCUT2D eigenvalue weighted by atomic mass is 19.4. The summed E-state index contributed by atoms with van der Waals surface area (Å²) in [6, 6.07) is 13.2. The third-order valence-electron chi connectivity index (χ3n) is 6.28. The van der Waals surface area contributed by atoms with E-state index in [2.05, 4.69) is 10.2 Å². The van der Waals surface area contributed by atoms with Crippen molar-refractivity contribution < 1.29 is 22.7 Å².